The molecule has 0 saturated heterocycles. The maximum absolute atomic E-state index is 14.1. The Balaban J connectivity index is 1.86. The van der Waals surface area contributed by atoms with Gasteiger partial charge in [0.05, 0.1) is 10.3 Å². The molecule has 5 heteroatoms. The number of fused-ring (bicyclic) bond motifs is 1. The molecule has 0 bridgehead atoms. The number of alkyl halides is 1. The summed E-state index contributed by atoms with van der Waals surface area (Å²) in [5.41, 5.74) is 2.13. The van der Waals surface area contributed by atoms with Crippen molar-refractivity contribution in [1.29, 1.82) is 0 Å². The normalized spacial score (nSPS) is 20.3. The smallest absolute Gasteiger partial charge is 0.258 e. The van der Waals surface area contributed by atoms with Gasteiger partial charge in [-0.05, 0) is 35.4 Å². The molecule has 1 aliphatic carbocycles. The van der Waals surface area contributed by atoms with Crippen LogP contribution in [0.1, 0.15) is 22.1 Å². The minimum absolute atomic E-state index is 0.0561. The molecule has 2 aromatic rings. The molecule has 108 valence electrons. The maximum atomic E-state index is 14.1. The van der Waals surface area contributed by atoms with Gasteiger partial charge in [-0.3, -0.25) is 10.1 Å². The van der Waals surface area contributed by atoms with Gasteiger partial charge in [-0.15, -0.1) is 11.6 Å². The van der Waals surface area contributed by atoms with Crippen molar-refractivity contribution >= 4 is 17.3 Å². The van der Waals surface area contributed by atoms with Gasteiger partial charge < -0.3 is 0 Å². The van der Waals surface area contributed by atoms with Crippen LogP contribution >= 0.6 is 11.6 Å². The van der Waals surface area contributed by atoms with Crippen LogP contribution in [0.2, 0.25) is 0 Å². The highest BCUT2D eigenvalue weighted by molar-refractivity contribution is 6.21. The first kappa shape index (κ1) is 14.0. The number of hydrogen-bond acceptors (Lipinski definition) is 2. The van der Waals surface area contributed by atoms with E-state index in [1.165, 1.54) is 17.7 Å². The van der Waals surface area contributed by atoms with Gasteiger partial charge in [0.1, 0.15) is 0 Å². The Morgan fingerprint density at radius 2 is 2.00 bits per heavy atom. The third-order valence-corrected chi connectivity index (χ3v) is 4.58. The van der Waals surface area contributed by atoms with E-state index in [0.29, 0.717) is 12.0 Å². The lowest BCUT2D eigenvalue weighted by atomic mass is 9.95. The second kappa shape index (κ2) is 5.45. The summed E-state index contributed by atoms with van der Waals surface area (Å²) in [7, 11) is 0. The molecular weight excluding hydrogens is 293 g/mol. The van der Waals surface area contributed by atoms with Crippen molar-refractivity contribution in [2.45, 2.75) is 18.2 Å². The average Bonchev–Trinajstić information content (AvgIpc) is 2.78. The Labute approximate surface area is 126 Å². The fraction of sp³-hybridized carbons (Fsp3) is 0.250. The highest BCUT2D eigenvalue weighted by Gasteiger charge is 2.32. The van der Waals surface area contributed by atoms with Gasteiger partial charge in [0.2, 0.25) is 5.82 Å². The van der Waals surface area contributed by atoms with Crippen LogP contribution in [0.5, 0.6) is 0 Å². The minimum atomic E-state index is -0.748. The number of nitrogens with zero attached hydrogens (tertiary/aromatic N) is 1. The molecule has 1 aliphatic rings. The zero-order chi connectivity index (χ0) is 15.0. The zero-order valence-electron chi connectivity index (χ0n) is 11.1. The van der Waals surface area contributed by atoms with E-state index in [0.717, 1.165) is 12.0 Å². The zero-order valence-corrected chi connectivity index (χ0v) is 11.9. The second-order valence-corrected chi connectivity index (χ2v) is 5.75. The maximum Gasteiger partial charge on any atom is 0.305 e. The fourth-order valence-electron chi connectivity index (χ4n) is 2.95. The molecule has 0 aliphatic heterocycles. The molecule has 3 nitrogen and oxygen atoms in total. The average molecular weight is 306 g/mol. The van der Waals surface area contributed by atoms with E-state index >= 15 is 0 Å². The molecular formula is C16H13ClFNO2. The molecule has 0 amide bonds. The summed E-state index contributed by atoms with van der Waals surface area (Å²) in [6.07, 6.45) is 1.17. The number of nitro groups is 1. The number of hydrogen-bond donors (Lipinski definition) is 0. The molecule has 21 heavy (non-hydrogen) atoms. The highest BCUT2D eigenvalue weighted by atomic mass is 35.5. The highest BCUT2D eigenvalue weighted by Crippen LogP contribution is 2.42. The summed E-state index contributed by atoms with van der Waals surface area (Å²) in [5, 5.41) is 10.6. The molecule has 2 aromatic carbocycles. The molecule has 0 spiro atoms. The first-order valence-electron chi connectivity index (χ1n) is 6.71. The SMILES string of the molecule is O=[N+]([O-])c1cccc(CC2Cc3ccccc3C2Cl)c1F. The van der Waals surface area contributed by atoms with Crippen molar-refractivity contribution in [2.75, 3.05) is 0 Å². The Hall–Kier alpha value is -1.94. The molecule has 2 unspecified atom stereocenters. The van der Waals surface area contributed by atoms with Crippen LogP contribution in [0.4, 0.5) is 10.1 Å². The third kappa shape index (κ3) is 2.51. The van der Waals surface area contributed by atoms with Gasteiger partial charge in [-0.1, -0.05) is 36.4 Å². The summed E-state index contributed by atoms with van der Waals surface area (Å²) in [6, 6.07) is 12.2. The Morgan fingerprint density at radius 1 is 1.24 bits per heavy atom. The van der Waals surface area contributed by atoms with Gasteiger partial charge in [0, 0.05) is 6.07 Å². The van der Waals surface area contributed by atoms with Crippen LogP contribution in [0.15, 0.2) is 42.5 Å². The van der Waals surface area contributed by atoms with E-state index in [2.05, 4.69) is 0 Å². The number of halogens is 2. The molecule has 0 radical (unpaired) electrons. The van der Waals surface area contributed by atoms with Crippen molar-refractivity contribution < 1.29 is 9.31 Å². The first-order valence-corrected chi connectivity index (χ1v) is 7.15. The summed E-state index contributed by atoms with van der Waals surface area (Å²) >= 11 is 6.46. The van der Waals surface area contributed by atoms with E-state index in [1.807, 2.05) is 24.3 Å². The Bertz CT molecular complexity index is 704. The van der Waals surface area contributed by atoms with Gasteiger partial charge in [0.15, 0.2) is 0 Å². The molecule has 0 saturated carbocycles. The summed E-state index contributed by atoms with van der Waals surface area (Å²) < 4.78 is 14.1. The summed E-state index contributed by atoms with van der Waals surface area (Å²) in [6.45, 7) is 0. The Morgan fingerprint density at radius 3 is 2.71 bits per heavy atom. The lowest BCUT2D eigenvalue weighted by molar-refractivity contribution is -0.387. The topological polar surface area (TPSA) is 43.1 Å². The van der Waals surface area contributed by atoms with Crippen molar-refractivity contribution in [1.82, 2.24) is 0 Å². The van der Waals surface area contributed by atoms with Crippen molar-refractivity contribution in [3.63, 3.8) is 0 Å². The third-order valence-electron chi connectivity index (χ3n) is 3.99. The van der Waals surface area contributed by atoms with Crippen LogP contribution in [-0.2, 0) is 12.8 Å². The van der Waals surface area contributed by atoms with Crippen molar-refractivity contribution in [3.8, 4) is 0 Å². The van der Waals surface area contributed by atoms with Crippen LogP contribution in [-0.4, -0.2) is 4.92 Å². The van der Waals surface area contributed by atoms with Crippen LogP contribution in [0.25, 0.3) is 0 Å². The fourth-order valence-corrected chi connectivity index (χ4v) is 3.34. The van der Waals surface area contributed by atoms with Crippen LogP contribution in [0, 0.1) is 21.8 Å². The second-order valence-electron chi connectivity index (χ2n) is 5.28. The summed E-state index contributed by atoms with van der Waals surface area (Å²) in [5.74, 6) is -0.692. The van der Waals surface area contributed by atoms with Crippen LogP contribution in [0.3, 0.4) is 0 Å². The predicted octanol–water partition coefficient (Wildman–Crippen LogP) is 4.43. The van der Waals surface area contributed by atoms with Gasteiger partial charge >= 0.3 is 5.69 Å². The first-order chi connectivity index (χ1) is 10.1. The van der Waals surface area contributed by atoms with Crippen molar-refractivity contribution in [2.24, 2.45) is 5.92 Å². The Kier molecular flexibility index (Phi) is 3.64. The molecule has 0 aromatic heterocycles. The molecule has 3 rings (SSSR count). The molecule has 0 fully saturated rings. The predicted molar refractivity (Wildman–Crippen MR) is 79.0 cm³/mol. The van der Waals surface area contributed by atoms with Gasteiger partial charge in [-0.25, -0.2) is 0 Å². The lowest BCUT2D eigenvalue weighted by Gasteiger charge is -2.14. The van der Waals surface area contributed by atoms with Gasteiger partial charge in [0.25, 0.3) is 0 Å². The van der Waals surface area contributed by atoms with E-state index in [9.17, 15) is 14.5 Å². The summed E-state index contributed by atoms with van der Waals surface area (Å²) in [4.78, 5) is 10.1. The monoisotopic (exact) mass is 305 g/mol. The lowest BCUT2D eigenvalue weighted by Crippen LogP contribution is -2.09. The minimum Gasteiger partial charge on any atom is -0.258 e. The molecule has 2 atom stereocenters. The van der Waals surface area contributed by atoms with E-state index in [1.54, 1.807) is 6.07 Å². The van der Waals surface area contributed by atoms with Crippen LogP contribution < -0.4 is 0 Å². The quantitative estimate of drug-likeness (QED) is 0.478. The number of rotatable bonds is 3. The largest absolute Gasteiger partial charge is 0.305 e. The van der Waals surface area contributed by atoms with E-state index < -0.39 is 16.4 Å². The standard InChI is InChI=1S/C16H13ClFNO2/c17-15-12(8-10-4-1-2-6-13(10)15)9-11-5-3-7-14(16(11)18)19(20)21/h1-7,12,15H,8-9H2. The number of nitro benzene ring substituents is 1. The van der Waals surface area contributed by atoms with Gasteiger partial charge in [-0.2, -0.15) is 4.39 Å². The van der Waals surface area contributed by atoms with E-state index in [4.69, 9.17) is 11.6 Å². The van der Waals surface area contributed by atoms with E-state index in [-0.39, 0.29) is 11.3 Å². The molecule has 0 heterocycles. The molecule has 0 N–H and O–H groups in total. The number of benzene rings is 2. The van der Waals surface area contributed by atoms with Crippen molar-refractivity contribution in [3.05, 3.63) is 75.1 Å².